The SMILES string of the molecule is CC1=CC(C)(C)N(CCCC(=O)N(CCCC(=O)OC(C)(C)C)CCCS(=O)(=O)O)c2cc3oc(=O)c(-c4cc[n+](CCCCS(=O)(=O)O)cc4)cc3cc21. The number of pyridine rings is 1. The number of unbranched alkanes of at least 4 members (excludes halogenated alkanes) is 1. The van der Waals surface area contributed by atoms with Crippen molar-refractivity contribution < 1.29 is 49.3 Å². The molecule has 0 unspecified atom stereocenters. The first kappa shape index (κ1) is 43.6. The highest BCUT2D eigenvalue weighted by molar-refractivity contribution is 7.86. The molecule has 0 radical (unpaired) electrons. The molecule has 0 atom stereocenters. The highest BCUT2D eigenvalue weighted by atomic mass is 32.2. The molecule has 3 heterocycles. The number of aromatic nitrogens is 1. The summed E-state index contributed by atoms with van der Waals surface area (Å²) >= 11 is 0. The van der Waals surface area contributed by atoms with E-state index in [4.69, 9.17) is 13.7 Å². The number of esters is 1. The van der Waals surface area contributed by atoms with E-state index >= 15 is 0 Å². The zero-order chi connectivity index (χ0) is 40.8. The average molecular weight is 805 g/mol. The van der Waals surface area contributed by atoms with Gasteiger partial charge in [-0.1, -0.05) is 6.08 Å². The molecule has 55 heavy (non-hydrogen) atoms. The zero-order valence-electron chi connectivity index (χ0n) is 32.5. The molecule has 0 spiro atoms. The first-order valence-electron chi connectivity index (χ1n) is 18.5. The first-order valence-corrected chi connectivity index (χ1v) is 21.7. The van der Waals surface area contributed by atoms with Gasteiger partial charge in [-0.05, 0) is 84.9 Å². The molecule has 0 saturated carbocycles. The molecule has 14 nitrogen and oxygen atoms in total. The number of nitrogens with zero attached hydrogens (tertiary/aromatic N) is 3. The van der Waals surface area contributed by atoms with E-state index in [0.717, 1.165) is 22.2 Å². The van der Waals surface area contributed by atoms with Gasteiger partial charge in [-0.2, -0.15) is 16.8 Å². The van der Waals surface area contributed by atoms with Crippen molar-refractivity contribution >= 4 is 54.3 Å². The number of anilines is 1. The second-order valence-corrected chi connectivity index (χ2v) is 18.8. The van der Waals surface area contributed by atoms with E-state index in [0.29, 0.717) is 55.5 Å². The predicted octanol–water partition coefficient (Wildman–Crippen LogP) is 5.43. The van der Waals surface area contributed by atoms with Crippen LogP contribution in [0.5, 0.6) is 0 Å². The first-order chi connectivity index (χ1) is 25.5. The van der Waals surface area contributed by atoms with Gasteiger partial charge in [0.15, 0.2) is 12.4 Å². The van der Waals surface area contributed by atoms with Crippen LogP contribution >= 0.6 is 0 Å². The fourth-order valence-corrected chi connectivity index (χ4v) is 7.88. The minimum absolute atomic E-state index is 0.0554. The predicted molar refractivity (Wildman–Crippen MR) is 211 cm³/mol. The Hall–Kier alpha value is -4.12. The standard InChI is InChI=1S/C39H53N3O11S2/c1-28-27-39(5,6)42(19-9-12-35(43)41(18-11-23-55(49,50)51)17-10-13-36(44)53-38(2,3)4)33-26-34-30(24-31(28)33)25-32(37(45)52-34)29-14-20-40(21-15-29)16-7-8-22-54(46,47)48/h14-15,20-21,24-27H,7-13,16-19,22-23H2,1-6H3,(H-,46,47,48,49,50,51)/p+1. The summed E-state index contributed by atoms with van der Waals surface area (Å²) in [6, 6.07) is 9.26. The van der Waals surface area contributed by atoms with Crippen molar-refractivity contribution in [1.29, 1.82) is 0 Å². The molecule has 302 valence electrons. The molecule has 1 aliphatic heterocycles. The van der Waals surface area contributed by atoms with Crippen molar-refractivity contribution in [1.82, 2.24) is 4.90 Å². The van der Waals surface area contributed by atoms with Gasteiger partial charge in [-0.25, -0.2) is 9.36 Å². The number of carbonyl (C=O) groups excluding carboxylic acids is 2. The third-order valence-electron chi connectivity index (χ3n) is 9.29. The lowest BCUT2D eigenvalue weighted by Gasteiger charge is -2.43. The summed E-state index contributed by atoms with van der Waals surface area (Å²) in [5.41, 5.74) is 2.77. The number of rotatable bonds is 18. The van der Waals surface area contributed by atoms with E-state index in [1.54, 1.807) is 45.3 Å². The number of carbonyl (C=O) groups is 2. The van der Waals surface area contributed by atoms with Crippen LogP contribution in [0, 0.1) is 0 Å². The molecule has 1 aromatic carbocycles. The van der Waals surface area contributed by atoms with Gasteiger partial charge in [-0.15, -0.1) is 0 Å². The number of amides is 1. The number of hydrogen-bond donors (Lipinski definition) is 2. The van der Waals surface area contributed by atoms with Crippen LogP contribution in [0.2, 0.25) is 0 Å². The number of fused-ring (bicyclic) bond motifs is 2. The Balaban J connectivity index is 1.48. The molecular formula is C39H54N3O11S2+. The summed E-state index contributed by atoms with van der Waals surface area (Å²) in [6.45, 7) is 12.9. The number of benzene rings is 1. The van der Waals surface area contributed by atoms with E-state index in [1.165, 1.54) is 4.90 Å². The Bertz CT molecular complexity index is 2170. The Labute approximate surface area is 323 Å². The largest absolute Gasteiger partial charge is 0.460 e. The van der Waals surface area contributed by atoms with Crippen LogP contribution < -0.4 is 15.1 Å². The number of ether oxygens (including phenoxy) is 1. The molecule has 3 aromatic rings. The molecule has 0 aliphatic carbocycles. The molecule has 2 aromatic heterocycles. The molecule has 4 rings (SSSR count). The van der Waals surface area contributed by atoms with Crippen LogP contribution in [-0.4, -0.2) is 85.0 Å². The fourth-order valence-electron chi connectivity index (χ4n) is 6.82. The summed E-state index contributed by atoms with van der Waals surface area (Å²) in [5, 5.41) is 0.741. The van der Waals surface area contributed by atoms with E-state index < -0.39 is 42.8 Å². The molecule has 16 heteroatoms. The van der Waals surface area contributed by atoms with Crippen molar-refractivity contribution in [3.8, 4) is 11.1 Å². The van der Waals surface area contributed by atoms with Gasteiger partial charge in [0.1, 0.15) is 17.7 Å². The zero-order valence-corrected chi connectivity index (χ0v) is 34.2. The maximum Gasteiger partial charge on any atom is 0.344 e. The lowest BCUT2D eigenvalue weighted by atomic mass is 9.87. The summed E-state index contributed by atoms with van der Waals surface area (Å²) < 4.78 is 75.9. The second kappa shape index (κ2) is 17.8. The van der Waals surface area contributed by atoms with Crippen LogP contribution in [0.15, 0.2) is 58.0 Å². The average Bonchev–Trinajstić information content (AvgIpc) is 3.05. The van der Waals surface area contributed by atoms with Gasteiger partial charge in [-0.3, -0.25) is 18.7 Å². The van der Waals surface area contributed by atoms with E-state index in [2.05, 4.69) is 24.8 Å². The molecule has 2 N–H and O–H groups in total. The molecule has 1 aliphatic rings. The minimum Gasteiger partial charge on any atom is -0.460 e. The van der Waals surface area contributed by atoms with E-state index in [9.17, 15) is 35.8 Å². The quantitative estimate of drug-likeness (QED) is 0.0546. The third-order valence-corrected chi connectivity index (χ3v) is 10.9. The van der Waals surface area contributed by atoms with Crippen molar-refractivity contribution in [2.75, 3.05) is 36.0 Å². The molecule has 0 fully saturated rings. The Morgan fingerprint density at radius 3 is 2.15 bits per heavy atom. The molecule has 0 bridgehead atoms. The van der Waals surface area contributed by atoms with Crippen molar-refractivity contribution in [2.24, 2.45) is 0 Å². The van der Waals surface area contributed by atoms with Gasteiger partial charge in [0.2, 0.25) is 5.91 Å². The van der Waals surface area contributed by atoms with Crippen LogP contribution in [0.25, 0.3) is 27.7 Å². The molecular weight excluding hydrogens is 751 g/mol. The van der Waals surface area contributed by atoms with Crippen LogP contribution in [0.4, 0.5) is 5.69 Å². The van der Waals surface area contributed by atoms with Gasteiger partial charge in [0.25, 0.3) is 20.2 Å². The van der Waals surface area contributed by atoms with Crippen LogP contribution in [0.1, 0.15) is 92.1 Å². The monoisotopic (exact) mass is 804 g/mol. The summed E-state index contributed by atoms with van der Waals surface area (Å²) in [4.78, 5) is 42.7. The number of allylic oxidation sites excluding steroid dienone is 1. The van der Waals surface area contributed by atoms with Crippen molar-refractivity contribution in [3.63, 3.8) is 0 Å². The summed E-state index contributed by atoms with van der Waals surface area (Å²) in [7, 11) is -8.19. The Kier molecular flexibility index (Phi) is 14.1. The summed E-state index contributed by atoms with van der Waals surface area (Å²) in [6.07, 6.45) is 7.78. The fraction of sp³-hybridized carbons (Fsp3) is 0.538. The third kappa shape index (κ3) is 13.3. The van der Waals surface area contributed by atoms with Gasteiger partial charge in [0, 0.05) is 79.3 Å². The molecule has 1 amide bonds. The van der Waals surface area contributed by atoms with E-state index in [-0.39, 0.29) is 50.0 Å². The number of aryl methyl sites for hydroxylation is 1. The lowest BCUT2D eigenvalue weighted by molar-refractivity contribution is -0.697. The van der Waals surface area contributed by atoms with Crippen LogP contribution in [0.3, 0.4) is 0 Å². The normalized spacial score (nSPS) is 14.4. The smallest absolute Gasteiger partial charge is 0.344 e. The summed E-state index contributed by atoms with van der Waals surface area (Å²) in [5.74, 6) is -1.35. The second-order valence-electron chi connectivity index (χ2n) is 15.6. The highest BCUT2D eigenvalue weighted by Crippen LogP contribution is 2.41. The number of hydrogen-bond acceptors (Lipinski definition) is 10. The maximum atomic E-state index is 13.5. The maximum absolute atomic E-state index is 13.5. The Morgan fingerprint density at radius 1 is 0.891 bits per heavy atom. The lowest BCUT2D eigenvalue weighted by Crippen LogP contribution is -2.46. The van der Waals surface area contributed by atoms with Crippen molar-refractivity contribution in [3.05, 3.63) is 64.8 Å². The van der Waals surface area contributed by atoms with E-state index in [1.807, 2.05) is 29.7 Å². The minimum atomic E-state index is -4.19. The topological polar surface area (TPSA) is 193 Å². The van der Waals surface area contributed by atoms with Gasteiger partial charge < -0.3 is 19.0 Å². The van der Waals surface area contributed by atoms with Gasteiger partial charge >= 0.3 is 11.6 Å². The molecule has 0 saturated heterocycles. The van der Waals surface area contributed by atoms with Crippen molar-refractivity contribution in [2.45, 2.75) is 104 Å². The van der Waals surface area contributed by atoms with Gasteiger partial charge in [0.05, 0.1) is 22.6 Å². The van der Waals surface area contributed by atoms with Crippen LogP contribution in [-0.2, 0) is 41.1 Å². The highest BCUT2D eigenvalue weighted by Gasteiger charge is 2.32. The Morgan fingerprint density at radius 2 is 1.51 bits per heavy atom.